The summed E-state index contributed by atoms with van der Waals surface area (Å²) in [5, 5.41) is 12.0. The Morgan fingerprint density at radius 2 is 1.76 bits per heavy atom. The van der Waals surface area contributed by atoms with Crippen LogP contribution in [0.1, 0.15) is 69.8 Å². The summed E-state index contributed by atoms with van der Waals surface area (Å²) in [7, 11) is 4.12. The fourth-order valence-corrected chi connectivity index (χ4v) is 8.09. The number of fused-ring (bicyclic) bond motifs is 4. The van der Waals surface area contributed by atoms with Gasteiger partial charge >= 0.3 is 0 Å². The molecule has 1 aromatic carbocycles. The van der Waals surface area contributed by atoms with Gasteiger partial charge in [0.05, 0.1) is 18.8 Å². The monoisotopic (exact) mass is 451 g/mol. The quantitative estimate of drug-likeness (QED) is 0.667. The maximum absolute atomic E-state index is 13.1. The molecule has 178 valence electrons. The number of rotatable bonds is 2. The van der Waals surface area contributed by atoms with Crippen LogP contribution in [0.2, 0.25) is 0 Å². The normalized spacial score (nSPS) is 39.4. The van der Waals surface area contributed by atoms with Gasteiger partial charge in [0.1, 0.15) is 5.78 Å². The molecular weight excluding hydrogens is 414 g/mol. The topological polar surface area (TPSA) is 59.0 Å². The van der Waals surface area contributed by atoms with E-state index in [9.17, 15) is 9.90 Å². The first-order valence-electron chi connectivity index (χ1n) is 12.8. The van der Waals surface area contributed by atoms with E-state index in [1.165, 1.54) is 22.4 Å². The molecule has 5 nitrogen and oxygen atoms in total. The highest BCUT2D eigenvalue weighted by Crippen LogP contribution is 2.64. The Kier molecular flexibility index (Phi) is 4.89. The van der Waals surface area contributed by atoms with Crippen molar-refractivity contribution in [3.8, 4) is 0 Å². The van der Waals surface area contributed by atoms with Crippen LogP contribution >= 0.6 is 0 Å². The number of ether oxygens (including phenoxy) is 2. The van der Waals surface area contributed by atoms with Gasteiger partial charge < -0.3 is 19.5 Å². The van der Waals surface area contributed by atoms with Crippen LogP contribution in [0.3, 0.4) is 0 Å². The maximum Gasteiger partial charge on any atom is 0.171 e. The van der Waals surface area contributed by atoms with Gasteiger partial charge in [0.15, 0.2) is 5.79 Å². The van der Waals surface area contributed by atoms with Gasteiger partial charge in [-0.3, -0.25) is 4.79 Å². The third-order valence-corrected chi connectivity index (χ3v) is 9.75. The zero-order valence-electron chi connectivity index (χ0n) is 20.2. The van der Waals surface area contributed by atoms with Gasteiger partial charge in [-0.1, -0.05) is 24.6 Å². The summed E-state index contributed by atoms with van der Waals surface area (Å²) in [6, 6.07) is 8.86. The first-order valence-corrected chi connectivity index (χ1v) is 12.8. The third kappa shape index (κ3) is 3.19. The van der Waals surface area contributed by atoms with Gasteiger partial charge in [-0.15, -0.1) is 0 Å². The fraction of sp³-hybridized carbons (Fsp3) is 0.679. The van der Waals surface area contributed by atoms with Gasteiger partial charge in [0.2, 0.25) is 0 Å². The molecule has 1 aliphatic heterocycles. The molecule has 0 radical (unpaired) electrons. The number of nitrogens with zero attached hydrogens (tertiary/aromatic N) is 1. The smallest absolute Gasteiger partial charge is 0.171 e. The highest BCUT2D eigenvalue weighted by atomic mass is 16.7. The Morgan fingerprint density at radius 1 is 1.03 bits per heavy atom. The maximum atomic E-state index is 13.1. The van der Waals surface area contributed by atoms with Crippen molar-refractivity contribution in [2.45, 2.75) is 75.6 Å². The summed E-state index contributed by atoms with van der Waals surface area (Å²) in [4.78, 5) is 15.3. The predicted molar refractivity (Wildman–Crippen MR) is 127 cm³/mol. The number of Topliss-reactive ketones (excluding diaryl/α,β-unsaturated/α-hetero) is 1. The number of benzene rings is 1. The Bertz CT molecular complexity index is 992. The molecule has 5 aliphatic rings. The van der Waals surface area contributed by atoms with Crippen LogP contribution in [0.25, 0.3) is 0 Å². The van der Waals surface area contributed by atoms with Crippen LogP contribution in [-0.2, 0) is 14.3 Å². The number of hydrogen-bond acceptors (Lipinski definition) is 5. The van der Waals surface area contributed by atoms with Crippen molar-refractivity contribution in [2.24, 2.45) is 17.3 Å². The molecule has 6 rings (SSSR count). The van der Waals surface area contributed by atoms with Crippen molar-refractivity contribution in [3.63, 3.8) is 0 Å². The minimum absolute atomic E-state index is 0.191. The van der Waals surface area contributed by atoms with E-state index < -0.39 is 11.4 Å². The molecule has 0 bridgehead atoms. The van der Waals surface area contributed by atoms with Crippen molar-refractivity contribution in [2.75, 3.05) is 32.2 Å². The van der Waals surface area contributed by atoms with Crippen molar-refractivity contribution in [1.29, 1.82) is 0 Å². The van der Waals surface area contributed by atoms with Gasteiger partial charge in [-0.25, -0.2) is 0 Å². The minimum atomic E-state index is -0.855. The number of ketones is 1. The van der Waals surface area contributed by atoms with Gasteiger partial charge in [0.25, 0.3) is 0 Å². The molecule has 1 N–H and O–H groups in total. The number of anilines is 1. The second-order valence-corrected chi connectivity index (χ2v) is 11.6. The van der Waals surface area contributed by atoms with E-state index in [-0.39, 0.29) is 11.3 Å². The largest absolute Gasteiger partial charge is 0.385 e. The van der Waals surface area contributed by atoms with E-state index in [0.29, 0.717) is 43.7 Å². The summed E-state index contributed by atoms with van der Waals surface area (Å²) in [5.74, 6) is 0.826. The standard InChI is InChI=1S/C28H37NO4/c1-26-16-21(18-4-6-19(7-5-18)29(2)3)25-20(22(26)8-9-24(26)30)10-12-27(31)17-28(13-11-23(25)27)32-14-15-33-28/h4-7,20-22,31H,8-17H2,1-3H3. The minimum Gasteiger partial charge on any atom is -0.385 e. The Morgan fingerprint density at radius 3 is 2.45 bits per heavy atom. The van der Waals surface area contributed by atoms with Gasteiger partial charge in [0, 0.05) is 50.4 Å². The number of allylic oxidation sites excluding steroid dienone is 1. The van der Waals surface area contributed by atoms with Crippen molar-refractivity contribution < 1.29 is 19.4 Å². The number of hydrogen-bond donors (Lipinski definition) is 1. The molecule has 1 heterocycles. The zero-order valence-corrected chi connectivity index (χ0v) is 20.2. The first kappa shape index (κ1) is 21.8. The number of carbonyl (C=O) groups excluding carboxylic acids is 1. The molecule has 5 atom stereocenters. The zero-order chi connectivity index (χ0) is 23.0. The van der Waals surface area contributed by atoms with E-state index in [4.69, 9.17) is 9.47 Å². The summed E-state index contributed by atoms with van der Waals surface area (Å²) >= 11 is 0. The lowest BCUT2D eigenvalue weighted by molar-refractivity contribution is -0.208. The van der Waals surface area contributed by atoms with Gasteiger partial charge in [-0.05, 0) is 67.2 Å². The van der Waals surface area contributed by atoms with Crippen LogP contribution in [0.15, 0.2) is 35.4 Å². The van der Waals surface area contributed by atoms with Crippen molar-refractivity contribution >= 4 is 11.5 Å². The summed E-state index contributed by atoms with van der Waals surface area (Å²) < 4.78 is 12.0. The lowest BCUT2D eigenvalue weighted by atomic mass is 9.51. The second kappa shape index (κ2) is 7.40. The van der Waals surface area contributed by atoms with E-state index in [1.54, 1.807) is 0 Å². The van der Waals surface area contributed by atoms with Crippen molar-refractivity contribution in [3.05, 3.63) is 41.0 Å². The average molecular weight is 452 g/mol. The van der Waals surface area contributed by atoms with E-state index >= 15 is 0 Å². The lowest BCUT2D eigenvalue weighted by Gasteiger charge is -2.55. The van der Waals surface area contributed by atoms with Crippen LogP contribution in [-0.4, -0.2) is 49.6 Å². The molecule has 0 aromatic heterocycles. The molecule has 1 spiro atoms. The average Bonchev–Trinajstić information content (AvgIpc) is 3.36. The van der Waals surface area contributed by atoms with Crippen LogP contribution < -0.4 is 4.90 Å². The fourth-order valence-electron chi connectivity index (χ4n) is 8.09. The highest BCUT2D eigenvalue weighted by Gasteiger charge is 2.60. The number of aliphatic hydroxyl groups is 1. The van der Waals surface area contributed by atoms with Gasteiger partial charge in [-0.2, -0.15) is 0 Å². The molecule has 5 heteroatoms. The Labute approximate surface area is 197 Å². The predicted octanol–water partition coefficient (Wildman–Crippen LogP) is 4.59. The SMILES string of the molecule is CN(C)c1ccc(C2CC3(C)C(=O)CCC3C3CCC4(O)CC5(CCC4=C23)OCCO5)cc1. The molecule has 33 heavy (non-hydrogen) atoms. The molecule has 5 unspecified atom stereocenters. The third-order valence-electron chi connectivity index (χ3n) is 9.75. The first-order chi connectivity index (χ1) is 15.7. The second-order valence-electron chi connectivity index (χ2n) is 11.6. The van der Waals surface area contributed by atoms with Crippen molar-refractivity contribution in [1.82, 2.24) is 0 Å². The molecule has 3 saturated carbocycles. The van der Waals surface area contributed by atoms with E-state index in [0.717, 1.165) is 38.5 Å². The summed E-state index contributed by atoms with van der Waals surface area (Å²) in [6.07, 6.45) is 6.45. The molecule has 1 saturated heterocycles. The van der Waals surface area contributed by atoms with E-state index in [2.05, 4.69) is 50.2 Å². The Balaban J connectivity index is 1.46. The highest BCUT2D eigenvalue weighted by molar-refractivity contribution is 5.87. The molecule has 4 aliphatic carbocycles. The summed E-state index contributed by atoms with van der Waals surface area (Å²) in [5.41, 5.74) is 4.05. The van der Waals surface area contributed by atoms with Crippen LogP contribution in [0, 0.1) is 17.3 Å². The molecule has 0 amide bonds. The van der Waals surface area contributed by atoms with Crippen LogP contribution in [0.5, 0.6) is 0 Å². The molecular formula is C28H37NO4. The van der Waals surface area contributed by atoms with Crippen LogP contribution in [0.4, 0.5) is 5.69 Å². The Hall–Kier alpha value is -1.69. The molecule has 1 aromatic rings. The van der Waals surface area contributed by atoms with E-state index in [1.807, 2.05) is 0 Å². The number of carbonyl (C=O) groups is 1. The summed E-state index contributed by atoms with van der Waals surface area (Å²) in [6.45, 7) is 3.47. The molecule has 4 fully saturated rings. The lowest BCUT2D eigenvalue weighted by Crippen LogP contribution is -2.53.